The van der Waals surface area contributed by atoms with Crippen LogP contribution in [0.15, 0.2) is 0 Å². The summed E-state index contributed by atoms with van der Waals surface area (Å²) in [6.45, 7) is 0. The molecule has 0 aliphatic heterocycles. The SMILES string of the molecule is COC1CCCCCC1N. The fourth-order valence-corrected chi connectivity index (χ4v) is 1.59. The van der Waals surface area contributed by atoms with Crippen molar-refractivity contribution in [3.05, 3.63) is 0 Å². The van der Waals surface area contributed by atoms with E-state index in [1.165, 1.54) is 19.3 Å². The monoisotopic (exact) mass is 143 g/mol. The van der Waals surface area contributed by atoms with Gasteiger partial charge in [-0.2, -0.15) is 0 Å². The fourth-order valence-electron chi connectivity index (χ4n) is 1.59. The molecule has 1 rings (SSSR count). The molecule has 2 atom stereocenters. The molecule has 2 nitrogen and oxygen atoms in total. The molecule has 2 heteroatoms. The van der Waals surface area contributed by atoms with Gasteiger partial charge in [0.25, 0.3) is 0 Å². The molecular weight excluding hydrogens is 126 g/mol. The van der Waals surface area contributed by atoms with Crippen LogP contribution in [-0.4, -0.2) is 19.3 Å². The third-order valence-electron chi connectivity index (χ3n) is 2.31. The predicted octanol–water partition coefficient (Wildman–Crippen LogP) is 1.29. The first-order valence-corrected chi connectivity index (χ1v) is 4.13. The zero-order valence-corrected chi connectivity index (χ0v) is 6.68. The number of hydrogen-bond acceptors (Lipinski definition) is 2. The van der Waals surface area contributed by atoms with Gasteiger partial charge in [-0.15, -0.1) is 0 Å². The van der Waals surface area contributed by atoms with Crippen LogP contribution in [0.5, 0.6) is 0 Å². The van der Waals surface area contributed by atoms with Crippen LogP contribution in [0.2, 0.25) is 0 Å². The standard InChI is InChI=1S/C8H17NO/c1-10-8-6-4-2-3-5-7(8)9/h7-8H,2-6,9H2,1H3. The van der Waals surface area contributed by atoms with Crippen molar-refractivity contribution in [3.8, 4) is 0 Å². The van der Waals surface area contributed by atoms with Crippen molar-refractivity contribution < 1.29 is 4.74 Å². The van der Waals surface area contributed by atoms with Gasteiger partial charge in [-0.3, -0.25) is 0 Å². The van der Waals surface area contributed by atoms with E-state index < -0.39 is 0 Å². The van der Waals surface area contributed by atoms with Gasteiger partial charge < -0.3 is 10.5 Å². The molecule has 60 valence electrons. The number of methoxy groups -OCH3 is 1. The normalized spacial score (nSPS) is 35.4. The first-order valence-electron chi connectivity index (χ1n) is 4.13. The number of rotatable bonds is 1. The molecule has 1 saturated carbocycles. The lowest BCUT2D eigenvalue weighted by molar-refractivity contribution is 0.0751. The van der Waals surface area contributed by atoms with Gasteiger partial charge in [0, 0.05) is 13.2 Å². The van der Waals surface area contributed by atoms with Crippen molar-refractivity contribution in [2.75, 3.05) is 7.11 Å². The van der Waals surface area contributed by atoms with Gasteiger partial charge in [-0.1, -0.05) is 19.3 Å². The zero-order valence-electron chi connectivity index (χ0n) is 6.68. The van der Waals surface area contributed by atoms with E-state index >= 15 is 0 Å². The van der Waals surface area contributed by atoms with Gasteiger partial charge in [0.15, 0.2) is 0 Å². The number of nitrogens with two attached hydrogens (primary N) is 1. The second-order valence-electron chi connectivity index (χ2n) is 3.08. The van der Waals surface area contributed by atoms with E-state index in [4.69, 9.17) is 10.5 Å². The van der Waals surface area contributed by atoms with Crippen LogP contribution < -0.4 is 5.73 Å². The van der Waals surface area contributed by atoms with Gasteiger partial charge in [0.1, 0.15) is 0 Å². The second kappa shape index (κ2) is 3.94. The van der Waals surface area contributed by atoms with Gasteiger partial charge >= 0.3 is 0 Å². The van der Waals surface area contributed by atoms with Crippen LogP contribution in [0, 0.1) is 0 Å². The van der Waals surface area contributed by atoms with Crippen molar-refractivity contribution in [1.29, 1.82) is 0 Å². The summed E-state index contributed by atoms with van der Waals surface area (Å²) in [5.41, 5.74) is 5.86. The summed E-state index contributed by atoms with van der Waals surface area (Å²) in [6.07, 6.45) is 6.50. The minimum absolute atomic E-state index is 0.285. The Morgan fingerprint density at radius 2 is 1.90 bits per heavy atom. The van der Waals surface area contributed by atoms with Crippen molar-refractivity contribution >= 4 is 0 Å². The van der Waals surface area contributed by atoms with Gasteiger partial charge in [-0.25, -0.2) is 0 Å². The molecular formula is C8H17NO. The Morgan fingerprint density at radius 1 is 1.20 bits per heavy atom. The molecule has 10 heavy (non-hydrogen) atoms. The smallest absolute Gasteiger partial charge is 0.0722 e. The maximum atomic E-state index is 5.86. The van der Waals surface area contributed by atoms with Crippen LogP contribution in [0.25, 0.3) is 0 Å². The molecule has 0 heterocycles. The van der Waals surface area contributed by atoms with Crippen molar-refractivity contribution in [2.24, 2.45) is 5.73 Å². The molecule has 1 aliphatic rings. The highest BCUT2D eigenvalue weighted by Crippen LogP contribution is 2.18. The lowest BCUT2D eigenvalue weighted by Gasteiger charge is -2.18. The second-order valence-corrected chi connectivity index (χ2v) is 3.08. The topological polar surface area (TPSA) is 35.2 Å². The van der Waals surface area contributed by atoms with E-state index in [-0.39, 0.29) is 6.04 Å². The molecule has 2 N–H and O–H groups in total. The molecule has 0 saturated heterocycles. The van der Waals surface area contributed by atoms with Crippen LogP contribution in [0.3, 0.4) is 0 Å². The maximum absolute atomic E-state index is 5.86. The third kappa shape index (κ3) is 1.96. The number of hydrogen-bond donors (Lipinski definition) is 1. The van der Waals surface area contributed by atoms with Crippen LogP contribution in [0.4, 0.5) is 0 Å². The Balaban J connectivity index is 2.35. The summed E-state index contributed by atoms with van der Waals surface area (Å²) in [7, 11) is 1.76. The summed E-state index contributed by atoms with van der Waals surface area (Å²) < 4.78 is 5.26. The minimum Gasteiger partial charge on any atom is -0.380 e. The first kappa shape index (κ1) is 8.02. The third-order valence-corrected chi connectivity index (χ3v) is 2.31. The Hall–Kier alpha value is -0.0800. The molecule has 1 fully saturated rings. The highest BCUT2D eigenvalue weighted by Gasteiger charge is 2.18. The molecule has 0 radical (unpaired) electrons. The van der Waals surface area contributed by atoms with Crippen LogP contribution in [0.1, 0.15) is 32.1 Å². The van der Waals surface area contributed by atoms with Crippen LogP contribution in [-0.2, 0) is 4.74 Å². The summed E-state index contributed by atoms with van der Waals surface area (Å²) in [4.78, 5) is 0. The zero-order chi connectivity index (χ0) is 7.40. The first-order chi connectivity index (χ1) is 4.84. The van der Waals surface area contributed by atoms with E-state index in [2.05, 4.69) is 0 Å². The quantitative estimate of drug-likeness (QED) is 0.561. The number of ether oxygens (including phenoxy) is 1. The Bertz CT molecular complexity index is 95.3. The molecule has 0 aromatic carbocycles. The Morgan fingerprint density at radius 3 is 2.60 bits per heavy atom. The summed E-state index contributed by atoms with van der Waals surface area (Å²) in [6, 6.07) is 0.285. The summed E-state index contributed by atoms with van der Waals surface area (Å²) in [5.74, 6) is 0. The van der Waals surface area contributed by atoms with E-state index in [1.807, 2.05) is 0 Å². The van der Waals surface area contributed by atoms with E-state index in [0.29, 0.717) is 6.10 Å². The van der Waals surface area contributed by atoms with Crippen LogP contribution >= 0.6 is 0 Å². The molecule has 0 bridgehead atoms. The van der Waals surface area contributed by atoms with Gasteiger partial charge in [0.05, 0.1) is 6.10 Å². The van der Waals surface area contributed by atoms with E-state index in [9.17, 15) is 0 Å². The molecule has 0 aromatic heterocycles. The lowest BCUT2D eigenvalue weighted by Crippen LogP contribution is -2.34. The average molecular weight is 143 g/mol. The van der Waals surface area contributed by atoms with Crippen molar-refractivity contribution in [3.63, 3.8) is 0 Å². The molecule has 0 spiro atoms. The molecule has 2 unspecified atom stereocenters. The highest BCUT2D eigenvalue weighted by molar-refractivity contribution is 4.76. The Labute approximate surface area is 62.7 Å². The lowest BCUT2D eigenvalue weighted by atomic mass is 10.1. The van der Waals surface area contributed by atoms with E-state index in [0.717, 1.165) is 12.8 Å². The molecule has 0 amide bonds. The van der Waals surface area contributed by atoms with Gasteiger partial charge in [0.2, 0.25) is 0 Å². The summed E-state index contributed by atoms with van der Waals surface area (Å²) in [5, 5.41) is 0. The van der Waals surface area contributed by atoms with Crippen molar-refractivity contribution in [1.82, 2.24) is 0 Å². The maximum Gasteiger partial charge on any atom is 0.0722 e. The molecule has 0 aromatic rings. The van der Waals surface area contributed by atoms with E-state index in [1.54, 1.807) is 7.11 Å². The highest BCUT2D eigenvalue weighted by atomic mass is 16.5. The Kier molecular flexibility index (Phi) is 3.16. The molecule has 1 aliphatic carbocycles. The average Bonchev–Trinajstić information content (AvgIpc) is 2.13. The summed E-state index contributed by atoms with van der Waals surface area (Å²) >= 11 is 0. The predicted molar refractivity (Wildman–Crippen MR) is 41.9 cm³/mol. The van der Waals surface area contributed by atoms with Gasteiger partial charge in [-0.05, 0) is 12.8 Å². The minimum atomic E-state index is 0.285. The largest absolute Gasteiger partial charge is 0.380 e. The van der Waals surface area contributed by atoms with Crippen molar-refractivity contribution in [2.45, 2.75) is 44.2 Å². The fraction of sp³-hybridized carbons (Fsp3) is 1.00.